The van der Waals surface area contributed by atoms with Gasteiger partial charge in [-0.15, -0.1) is 0 Å². The van der Waals surface area contributed by atoms with Crippen LogP contribution in [0.5, 0.6) is 0 Å². The van der Waals surface area contributed by atoms with Gasteiger partial charge in [-0.1, -0.05) is 36.8 Å². The minimum Gasteiger partial charge on any atom is -0.481 e. The fourth-order valence-corrected chi connectivity index (χ4v) is 6.31. The second-order valence-electron chi connectivity index (χ2n) is 10.5. The Morgan fingerprint density at radius 2 is 1.63 bits per heavy atom. The molecule has 2 aliphatic carbocycles. The van der Waals surface area contributed by atoms with E-state index < -0.39 is 5.97 Å². The third-order valence-corrected chi connectivity index (χ3v) is 8.11. The zero-order chi connectivity index (χ0) is 26.2. The molecule has 3 aliphatic rings. The molecule has 0 unspecified atom stereocenters. The lowest BCUT2D eigenvalue weighted by Gasteiger charge is -2.48. The fourth-order valence-electron chi connectivity index (χ4n) is 6.31. The minimum absolute atomic E-state index is 0.00331. The number of benzene rings is 2. The van der Waals surface area contributed by atoms with Crippen molar-refractivity contribution in [2.75, 3.05) is 4.90 Å². The van der Waals surface area contributed by atoms with Crippen LogP contribution >= 0.6 is 0 Å². The molecule has 8 nitrogen and oxygen atoms in total. The zero-order valence-electron chi connectivity index (χ0n) is 21.1. The van der Waals surface area contributed by atoms with Crippen molar-refractivity contribution in [1.82, 2.24) is 14.9 Å². The van der Waals surface area contributed by atoms with Gasteiger partial charge >= 0.3 is 5.97 Å². The molecular weight excluding hydrogens is 480 g/mol. The van der Waals surface area contributed by atoms with E-state index in [1.807, 2.05) is 58.3 Å². The molecule has 2 amide bonds. The van der Waals surface area contributed by atoms with Gasteiger partial charge in [0.25, 0.3) is 5.91 Å². The molecule has 1 aliphatic heterocycles. The smallest absolute Gasteiger partial charge is 0.303 e. The summed E-state index contributed by atoms with van der Waals surface area (Å²) in [5.74, 6) is -0.983. The van der Waals surface area contributed by atoms with Crippen molar-refractivity contribution in [3.8, 4) is 11.1 Å². The second-order valence-corrected chi connectivity index (χ2v) is 10.5. The maximum absolute atomic E-state index is 14.0. The van der Waals surface area contributed by atoms with Gasteiger partial charge < -0.3 is 14.9 Å². The summed E-state index contributed by atoms with van der Waals surface area (Å²) in [6, 6.07) is 15.5. The number of carbonyl (C=O) groups is 3. The number of carboxylic acids is 1. The van der Waals surface area contributed by atoms with E-state index in [4.69, 9.17) is 0 Å². The summed E-state index contributed by atoms with van der Waals surface area (Å²) in [7, 11) is 0. The largest absolute Gasteiger partial charge is 0.481 e. The molecule has 2 heterocycles. The molecular formula is C30H30N4O4. The van der Waals surface area contributed by atoms with Gasteiger partial charge in [-0.3, -0.25) is 14.4 Å². The van der Waals surface area contributed by atoms with Crippen LogP contribution in [0.2, 0.25) is 0 Å². The molecule has 1 N–H and O–H groups in total. The van der Waals surface area contributed by atoms with E-state index in [-0.39, 0.29) is 48.7 Å². The van der Waals surface area contributed by atoms with E-state index in [0.717, 1.165) is 54.5 Å². The van der Waals surface area contributed by atoms with Gasteiger partial charge in [-0.2, -0.15) is 0 Å². The van der Waals surface area contributed by atoms with Gasteiger partial charge in [-0.25, -0.2) is 9.97 Å². The Hall–Kier alpha value is -4.07. The van der Waals surface area contributed by atoms with E-state index in [1.165, 1.54) is 6.33 Å². The number of fused-ring (bicyclic) bond motifs is 2. The topological polar surface area (TPSA) is 104 Å². The number of carbonyl (C=O) groups excluding carboxylic acids is 2. The van der Waals surface area contributed by atoms with Crippen LogP contribution in [0.4, 0.5) is 5.69 Å². The van der Waals surface area contributed by atoms with Crippen LogP contribution in [0.1, 0.15) is 66.9 Å². The van der Waals surface area contributed by atoms with Crippen molar-refractivity contribution in [2.24, 2.45) is 5.92 Å². The van der Waals surface area contributed by atoms with Crippen LogP contribution in [0, 0.1) is 5.92 Å². The first kappa shape index (κ1) is 24.3. The normalized spacial score (nSPS) is 21.9. The molecule has 2 saturated carbocycles. The summed E-state index contributed by atoms with van der Waals surface area (Å²) >= 11 is 0. The standard InChI is InChI=1S/C30H30N4O4/c35-27(14-15-28(36)37)33(22-12-13-22)29-23-4-1-2-6-25(23)34(26-7-3-5-24(26)29)30(38)20-10-8-19(9-11-20)21-16-31-18-32-17-21/h1-2,4,6,8-11,16-18,22,24,26,29H,3,5,7,12-15H2,(H,36,37)/t24-,26+,29-/m0/s1. The van der Waals surface area contributed by atoms with Crippen molar-refractivity contribution < 1.29 is 19.5 Å². The Bertz CT molecular complexity index is 1360. The summed E-state index contributed by atoms with van der Waals surface area (Å²) in [6.07, 6.45) is 9.49. The van der Waals surface area contributed by atoms with Gasteiger partial charge in [0.15, 0.2) is 0 Å². The summed E-state index contributed by atoms with van der Waals surface area (Å²) in [5, 5.41) is 9.18. The van der Waals surface area contributed by atoms with E-state index in [2.05, 4.69) is 9.97 Å². The Kier molecular flexibility index (Phi) is 6.39. The molecule has 6 rings (SSSR count). The van der Waals surface area contributed by atoms with Crippen molar-refractivity contribution in [3.63, 3.8) is 0 Å². The summed E-state index contributed by atoms with van der Waals surface area (Å²) in [4.78, 5) is 50.7. The second kappa shape index (κ2) is 10.0. The number of carboxylic acid groups (broad SMARTS) is 1. The van der Waals surface area contributed by atoms with Crippen molar-refractivity contribution in [2.45, 2.75) is 63.1 Å². The number of amides is 2. The molecule has 2 aromatic carbocycles. The predicted octanol–water partition coefficient (Wildman–Crippen LogP) is 4.87. The molecule has 0 spiro atoms. The highest BCUT2D eigenvalue weighted by Gasteiger charge is 2.51. The molecule has 1 aromatic heterocycles. The zero-order valence-corrected chi connectivity index (χ0v) is 21.1. The number of hydrogen-bond donors (Lipinski definition) is 1. The Morgan fingerprint density at radius 1 is 0.895 bits per heavy atom. The molecule has 194 valence electrons. The Labute approximate surface area is 221 Å². The highest BCUT2D eigenvalue weighted by molar-refractivity contribution is 6.07. The van der Waals surface area contributed by atoms with Gasteiger partial charge in [0, 0.05) is 53.6 Å². The monoisotopic (exact) mass is 510 g/mol. The number of hydrogen-bond acceptors (Lipinski definition) is 5. The summed E-state index contributed by atoms with van der Waals surface area (Å²) in [5.41, 5.74) is 4.28. The summed E-state index contributed by atoms with van der Waals surface area (Å²) < 4.78 is 0. The number of para-hydroxylation sites is 1. The number of anilines is 1. The molecule has 8 heteroatoms. The van der Waals surface area contributed by atoms with Gasteiger partial charge in [0.1, 0.15) is 6.33 Å². The number of nitrogens with zero attached hydrogens (tertiary/aromatic N) is 4. The lowest BCUT2D eigenvalue weighted by Crippen LogP contribution is -2.52. The Balaban J connectivity index is 1.35. The molecule has 3 atom stereocenters. The average molecular weight is 511 g/mol. The van der Waals surface area contributed by atoms with Crippen LogP contribution in [-0.4, -0.2) is 49.8 Å². The van der Waals surface area contributed by atoms with Crippen molar-refractivity contribution >= 4 is 23.5 Å². The van der Waals surface area contributed by atoms with Crippen molar-refractivity contribution in [1.29, 1.82) is 0 Å². The van der Waals surface area contributed by atoms with Crippen molar-refractivity contribution in [3.05, 3.63) is 78.4 Å². The van der Waals surface area contributed by atoms with Crippen LogP contribution in [0.3, 0.4) is 0 Å². The molecule has 2 fully saturated rings. The lowest BCUT2D eigenvalue weighted by atomic mass is 9.81. The third-order valence-electron chi connectivity index (χ3n) is 8.11. The maximum atomic E-state index is 14.0. The highest BCUT2D eigenvalue weighted by Crippen LogP contribution is 2.53. The predicted molar refractivity (Wildman–Crippen MR) is 141 cm³/mol. The van der Waals surface area contributed by atoms with E-state index in [0.29, 0.717) is 5.56 Å². The first-order valence-electron chi connectivity index (χ1n) is 13.3. The van der Waals surface area contributed by atoms with Crippen LogP contribution < -0.4 is 4.90 Å². The molecule has 38 heavy (non-hydrogen) atoms. The first-order chi connectivity index (χ1) is 18.5. The fraction of sp³-hybridized carbons (Fsp3) is 0.367. The number of rotatable bonds is 7. The SMILES string of the molecule is O=C(O)CCC(=O)N(C1CC1)[C@H]1c2ccccc2N(C(=O)c2ccc(-c3cncnc3)cc2)[C@@H]2CCC[C@@H]21. The van der Waals surface area contributed by atoms with Crippen LogP contribution in [-0.2, 0) is 9.59 Å². The van der Waals surface area contributed by atoms with Gasteiger partial charge in [0.2, 0.25) is 5.91 Å². The quantitative estimate of drug-likeness (QED) is 0.486. The van der Waals surface area contributed by atoms with Crippen LogP contribution in [0.15, 0.2) is 67.3 Å². The minimum atomic E-state index is -0.959. The lowest BCUT2D eigenvalue weighted by molar-refractivity contribution is -0.142. The van der Waals surface area contributed by atoms with Gasteiger partial charge in [0.05, 0.1) is 12.5 Å². The van der Waals surface area contributed by atoms with Gasteiger partial charge in [-0.05, 0) is 55.0 Å². The summed E-state index contributed by atoms with van der Waals surface area (Å²) in [6.45, 7) is 0. The van der Waals surface area contributed by atoms with Crippen LogP contribution in [0.25, 0.3) is 11.1 Å². The first-order valence-corrected chi connectivity index (χ1v) is 13.3. The molecule has 0 radical (unpaired) electrons. The van der Waals surface area contributed by atoms with E-state index in [1.54, 1.807) is 12.4 Å². The average Bonchev–Trinajstić information content (AvgIpc) is 3.67. The third kappa shape index (κ3) is 4.44. The molecule has 0 saturated heterocycles. The van der Waals surface area contributed by atoms with E-state index >= 15 is 0 Å². The Morgan fingerprint density at radius 3 is 2.34 bits per heavy atom. The maximum Gasteiger partial charge on any atom is 0.303 e. The highest BCUT2D eigenvalue weighted by atomic mass is 16.4. The number of aliphatic carboxylic acids is 1. The number of aromatic nitrogens is 2. The molecule has 0 bridgehead atoms. The van der Waals surface area contributed by atoms with E-state index in [9.17, 15) is 19.5 Å². The molecule has 3 aromatic rings.